The highest BCUT2D eigenvalue weighted by atomic mass is 16.4. The van der Waals surface area contributed by atoms with E-state index in [-0.39, 0.29) is 11.9 Å². The van der Waals surface area contributed by atoms with Gasteiger partial charge in [0.2, 0.25) is 0 Å². The molecule has 3 N–H and O–H groups in total. The highest BCUT2D eigenvalue weighted by molar-refractivity contribution is 5.83. The fourth-order valence-corrected chi connectivity index (χ4v) is 1.56. The summed E-state index contributed by atoms with van der Waals surface area (Å²) in [6, 6.07) is -1.05. The second-order valence-corrected chi connectivity index (χ2v) is 4.45. The Kier molecular flexibility index (Phi) is 2.79. The topological polar surface area (TPSA) is 78.4 Å². The lowest BCUT2D eigenvalue weighted by Crippen LogP contribution is -2.47. The van der Waals surface area contributed by atoms with Crippen LogP contribution in [0.15, 0.2) is 0 Å². The largest absolute Gasteiger partial charge is 0.480 e. The monoisotopic (exact) mass is 212 g/mol. The number of rotatable bonds is 5. The number of carbonyl (C=O) groups is 2. The summed E-state index contributed by atoms with van der Waals surface area (Å²) >= 11 is 0. The molecule has 0 bridgehead atoms. The molecule has 1 atom stereocenters. The minimum atomic E-state index is -0.931. The SMILES string of the molecule is O=C(NCC1CC1)NC(C(=O)O)C1CC1. The van der Waals surface area contributed by atoms with Gasteiger partial charge in [-0.3, -0.25) is 0 Å². The Morgan fingerprint density at radius 3 is 2.40 bits per heavy atom. The van der Waals surface area contributed by atoms with E-state index in [0.29, 0.717) is 12.5 Å². The van der Waals surface area contributed by atoms with Crippen molar-refractivity contribution in [3.8, 4) is 0 Å². The van der Waals surface area contributed by atoms with Gasteiger partial charge in [0.05, 0.1) is 0 Å². The van der Waals surface area contributed by atoms with Crippen molar-refractivity contribution in [3.05, 3.63) is 0 Å². The summed E-state index contributed by atoms with van der Waals surface area (Å²) in [5.41, 5.74) is 0. The molecule has 0 radical (unpaired) electrons. The molecular formula is C10H16N2O3. The molecule has 2 rings (SSSR count). The minimum Gasteiger partial charge on any atom is -0.480 e. The molecule has 5 nitrogen and oxygen atoms in total. The van der Waals surface area contributed by atoms with Crippen LogP contribution in [0.25, 0.3) is 0 Å². The van der Waals surface area contributed by atoms with Gasteiger partial charge in [-0.1, -0.05) is 0 Å². The lowest BCUT2D eigenvalue weighted by Gasteiger charge is -2.13. The number of urea groups is 1. The average molecular weight is 212 g/mol. The number of hydrogen-bond donors (Lipinski definition) is 3. The van der Waals surface area contributed by atoms with Crippen molar-refractivity contribution < 1.29 is 14.7 Å². The third-order valence-corrected chi connectivity index (χ3v) is 2.89. The van der Waals surface area contributed by atoms with Gasteiger partial charge >= 0.3 is 12.0 Å². The van der Waals surface area contributed by atoms with Crippen molar-refractivity contribution in [1.82, 2.24) is 10.6 Å². The van der Waals surface area contributed by atoms with Gasteiger partial charge in [0.25, 0.3) is 0 Å². The molecule has 2 amide bonds. The first-order valence-electron chi connectivity index (χ1n) is 5.44. The van der Waals surface area contributed by atoms with Gasteiger partial charge in [-0.25, -0.2) is 9.59 Å². The zero-order valence-electron chi connectivity index (χ0n) is 8.53. The number of aliphatic carboxylic acids is 1. The minimum absolute atomic E-state index is 0.133. The van der Waals surface area contributed by atoms with E-state index in [0.717, 1.165) is 12.8 Å². The van der Waals surface area contributed by atoms with Crippen LogP contribution in [0.4, 0.5) is 4.79 Å². The Morgan fingerprint density at radius 2 is 1.93 bits per heavy atom. The normalized spacial score (nSPS) is 21.9. The van der Waals surface area contributed by atoms with Crippen LogP contribution in [0.1, 0.15) is 25.7 Å². The van der Waals surface area contributed by atoms with E-state index in [4.69, 9.17) is 5.11 Å². The van der Waals surface area contributed by atoms with Gasteiger partial charge in [0.15, 0.2) is 0 Å². The maximum atomic E-state index is 11.3. The zero-order chi connectivity index (χ0) is 10.8. The molecule has 0 aromatic carbocycles. The Hall–Kier alpha value is -1.26. The summed E-state index contributed by atoms with van der Waals surface area (Å²) in [6.45, 7) is 0.669. The fourth-order valence-electron chi connectivity index (χ4n) is 1.56. The number of amides is 2. The van der Waals surface area contributed by atoms with Gasteiger partial charge in [0.1, 0.15) is 6.04 Å². The number of carboxylic acid groups (broad SMARTS) is 1. The maximum Gasteiger partial charge on any atom is 0.326 e. The second-order valence-electron chi connectivity index (χ2n) is 4.45. The highest BCUT2D eigenvalue weighted by Crippen LogP contribution is 2.32. The molecule has 2 aliphatic rings. The van der Waals surface area contributed by atoms with E-state index < -0.39 is 12.0 Å². The Bertz CT molecular complexity index is 272. The van der Waals surface area contributed by atoms with Crippen molar-refractivity contribution in [1.29, 1.82) is 0 Å². The van der Waals surface area contributed by atoms with Crippen LogP contribution >= 0.6 is 0 Å². The first-order chi connectivity index (χ1) is 7.16. The van der Waals surface area contributed by atoms with Gasteiger partial charge in [0, 0.05) is 6.54 Å². The van der Waals surface area contributed by atoms with Gasteiger partial charge < -0.3 is 15.7 Å². The molecule has 2 saturated carbocycles. The molecule has 0 aromatic heterocycles. The van der Waals surface area contributed by atoms with Gasteiger partial charge in [-0.2, -0.15) is 0 Å². The molecule has 0 aliphatic heterocycles. The molecule has 1 unspecified atom stereocenters. The lowest BCUT2D eigenvalue weighted by molar-refractivity contribution is -0.139. The van der Waals surface area contributed by atoms with Crippen molar-refractivity contribution in [3.63, 3.8) is 0 Å². The molecule has 2 aliphatic carbocycles. The van der Waals surface area contributed by atoms with Crippen LogP contribution in [0, 0.1) is 11.8 Å². The Labute approximate surface area is 88.2 Å². The van der Waals surface area contributed by atoms with E-state index >= 15 is 0 Å². The van der Waals surface area contributed by atoms with Crippen LogP contribution in [0.5, 0.6) is 0 Å². The van der Waals surface area contributed by atoms with E-state index in [1.165, 1.54) is 12.8 Å². The molecule has 0 heterocycles. The summed E-state index contributed by atoms with van der Waals surface area (Å²) in [7, 11) is 0. The van der Waals surface area contributed by atoms with Crippen LogP contribution in [-0.4, -0.2) is 29.7 Å². The summed E-state index contributed by atoms with van der Waals surface area (Å²) in [6.07, 6.45) is 4.15. The van der Waals surface area contributed by atoms with Crippen LogP contribution in [-0.2, 0) is 4.79 Å². The van der Waals surface area contributed by atoms with E-state index in [2.05, 4.69) is 10.6 Å². The van der Waals surface area contributed by atoms with Crippen LogP contribution in [0.2, 0.25) is 0 Å². The quantitative estimate of drug-likeness (QED) is 0.623. The van der Waals surface area contributed by atoms with E-state index in [1.54, 1.807) is 0 Å². The molecule has 84 valence electrons. The average Bonchev–Trinajstić information content (AvgIpc) is 3.01. The number of nitrogens with one attached hydrogen (secondary N) is 2. The summed E-state index contributed by atoms with van der Waals surface area (Å²) in [4.78, 5) is 22.2. The van der Waals surface area contributed by atoms with Crippen molar-refractivity contribution in [2.45, 2.75) is 31.7 Å². The second kappa shape index (κ2) is 4.08. The van der Waals surface area contributed by atoms with Gasteiger partial charge in [-0.05, 0) is 37.5 Å². The van der Waals surface area contributed by atoms with E-state index in [9.17, 15) is 9.59 Å². The molecule has 0 saturated heterocycles. The molecule has 5 heteroatoms. The first-order valence-corrected chi connectivity index (χ1v) is 5.44. The smallest absolute Gasteiger partial charge is 0.326 e. The first kappa shape index (κ1) is 10.3. The highest BCUT2D eigenvalue weighted by Gasteiger charge is 2.37. The summed E-state index contributed by atoms with van der Waals surface area (Å²) in [5, 5.41) is 14.1. The van der Waals surface area contributed by atoms with Gasteiger partial charge in [-0.15, -0.1) is 0 Å². The Balaban J connectivity index is 1.71. The summed E-state index contributed by atoms with van der Waals surface area (Å²) in [5.74, 6) is -0.187. The molecular weight excluding hydrogens is 196 g/mol. The third-order valence-electron chi connectivity index (χ3n) is 2.89. The number of carbonyl (C=O) groups excluding carboxylic acids is 1. The Morgan fingerprint density at radius 1 is 1.27 bits per heavy atom. The van der Waals surface area contributed by atoms with E-state index in [1.807, 2.05) is 0 Å². The molecule has 0 spiro atoms. The van der Waals surface area contributed by atoms with Crippen LogP contribution in [0.3, 0.4) is 0 Å². The predicted molar refractivity (Wildman–Crippen MR) is 53.4 cm³/mol. The summed E-state index contributed by atoms with van der Waals surface area (Å²) < 4.78 is 0. The lowest BCUT2D eigenvalue weighted by atomic mass is 10.2. The van der Waals surface area contributed by atoms with Crippen LogP contribution < -0.4 is 10.6 Å². The van der Waals surface area contributed by atoms with Crippen molar-refractivity contribution in [2.24, 2.45) is 11.8 Å². The number of hydrogen-bond acceptors (Lipinski definition) is 2. The standard InChI is InChI=1S/C10H16N2O3/c13-9(14)8(7-3-4-7)12-10(15)11-5-6-1-2-6/h6-8H,1-5H2,(H,13,14)(H2,11,12,15). The number of carboxylic acids is 1. The zero-order valence-corrected chi connectivity index (χ0v) is 8.53. The van der Waals surface area contributed by atoms with Crippen molar-refractivity contribution in [2.75, 3.05) is 6.54 Å². The van der Waals surface area contributed by atoms with Crippen molar-refractivity contribution >= 4 is 12.0 Å². The maximum absolute atomic E-state index is 11.3. The molecule has 0 aromatic rings. The predicted octanol–water partition coefficient (Wildman–Crippen LogP) is 0.559. The molecule has 2 fully saturated rings. The third kappa shape index (κ3) is 3.11. The fraction of sp³-hybridized carbons (Fsp3) is 0.800. The molecule has 15 heavy (non-hydrogen) atoms.